The summed E-state index contributed by atoms with van der Waals surface area (Å²) in [6.45, 7) is 0. The molecule has 0 spiro atoms. The van der Waals surface area contributed by atoms with E-state index in [9.17, 15) is 0 Å². The molecule has 1 aromatic carbocycles. The van der Waals surface area contributed by atoms with Gasteiger partial charge in [-0.1, -0.05) is 41.9 Å². The van der Waals surface area contributed by atoms with Gasteiger partial charge < -0.3 is 0 Å². The van der Waals surface area contributed by atoms with Crippen LogP contribution in [0.25, 0.3) is 6.08 Å². The molecular formula is C9H7Cl2N. The fraction of sp³-hybridized carbons (Fsp3) is 0. The first-order valence-electron chi connectivity index (χ1n) is 3.16. The summed E-state index contributed by atoms with van der Waals surface area (Å²) in [5.74, 6) is 0. The highest BCUT2D eigenvalue weighted by Crippen LogP contribution is 2.00. The second-order valence-electron chi connectivity index (χ2n) is 1.79. The molecule has 3 heteroatoms. The van der Waals surface area contributed by atoms with E-state index in [1.807, 2.05) is 36.4 Å². The van der Waals surface area contributed by atoms with Gasteiger partial charge in [0, 0.05) is 17.1 Å². The third kappa shape index (κ3) is 5.79. The Morgan fingerprint density at radius 3 is 2.17 bits per heavy atom. The van der Waals surface area contributed by atoms with Crippen LogP contribution in [0.4, 0.5) is 0 Å². The summed E-state index contributed by atoms with van der Waals surface area (Å²) >= 11 is 9.66. The molecule has 0 atom stereocenters. The highest BCUT2D eigenvalue weighted by Gasteiger charge is 1.78. The molecule has 0 aliphatic rings. The second-order valence-corrected chi connectivity index (χ2v) is 2.21. The predicted molar refractivity (Wildman–Crippen MR) is 52.8 cm³/mol. The van der Waals surface area contributed by atoms with Crippen molar-refractivity contribution in [2.75, 3.05) is 0 Å². The molecule has 0 saturated heterocycles. The molecular weight excluding hydrogens is 193 g/mol. The largest absolute Gasteiger partial charge is 0.179 e. The Bertz CT molecular complexity index is 262. The smallest absolute Gasteiger partial charge is 0.173 e. The molecule has 1 nitrogen and oxygen atoms in total. The standard InChI is InChI=1S/C8H7Cl.CClN/c9-7-6-8-4-2-1-3-5-8;2-1-3/h1-7H;. The molecule has 0 radical (unpaired) electrons. The number of nitrogens with zero attached hydrogens (tertiary/aromatic N) is 1. The van der Waals surface area contributed by atoms with Gasteiger partial charge >= 0.3 is 0 Å². The van der Waals surface area contributed by atoms with E-state index in [2.05, 4.69) is 11.6 Å². The van der Waals surface area contributed by atoms with Crippen LogP contribution in [-0.4, -0.2) is 0 Å². The zero-order valence-electron chi connectivity index (χ0n) is 6.24. The van der Waals surface area contributed by atoms with Crippen molar-refractivity contribution in [1.82, 2.24) is 0 Å². The van der Waals surface area contributed by atoms with Gasteiger partial charge in [-0.2, -0.15) is 5.26 Å². The van der Waals surface area contributed by atoms with Gasteiger partial charge in [0.2, 0.25) is 0 Å². The van der Waals surface area contributed by atoms with Gasteiger partial charge in [-0.25, -0.2) is 0 Å². The lowest BCUT2D eigenvalue weighted by atomic mass is 10.2. The molecule has 0 heterocycles. The topological polar surface area (TPSA) is 23.8 Å². The van der Waals surface area contributed by atoms with Crippen LogP contribution >= 0.6 is 23.2 Å². The summed E-state index contributed by atoms with van der Waals surface area (Å²) in [7, 11) is 0. The molecule has 1 aromatic rings. The fourth-order valence-corrected chi connectivity index (χ4v) is 0.782. The maximum atomic E-state index is 7.08. The van der Waals surface area contributed by atoms with Gasteiger partial charge in [0.1, 0.15) is 0 Å². The van der Waals surface area contributed by atoms with Crippen molar-refractivity contribution in [3.8, 4) is 5.53 Å². The molecule has 1 rings (SSSR count). The summed E-state index contributed by atoms with van der Waals surface area (Å²) in [6, 6.07) is 9.93. The summed E-state index contributed by atoms with van der Waals surface area (Å²) in [5, 5.41) is 7.08. The van der Waals surface area contributed by atoms with Crippen LogP contribution < -0.4 is 0 Å². The average Bonchev–Trinajstić information content (AvgIpc) is 2.08. The highest BCUT2D eigenvalue weighted by molar-refractivity contribution is 6.28. The Morgan fingerprint density at radius 1 is 1.25 bits per heavy atom. The normalized spacial score (nSPS) is 8.42. The Kier molecular flexibility index (Phi) is 7.47. The third-order valence-electron chi connectivity index (χ3n) is 1.06. The lowest BCUT2D eigenvalue weighted by Crippen LogP contribution is -1.64. The molecule has 0 saturated carbocycles. The minimum absolute atomic E-state index is 1.13. The first-order chi connectivity index (χ1) is 5.85. The van der Waals surface area contributed by atoms with Crippen molar-refractivity contribution in [3.05, 3.63) is 41.4 Å². The van der Waals surface area contributed by atoms with Gasteiger partial charge in [0.25, 0.3) is 0 Å². The van der Waals surface area contributed by atoms with Crippen molar-refractivity contribution in [3.63, 3.8) is 0 Å². The minimum Gasteiger partial charge on any atom is -0.179 e. The van der Waals surface area contributed by atoms with Crippen LogP contribution in [0.2, 0.25) is 0 Å². The lowest BCUT2D eigenvalue weighted by Gasteiger charge is -1.86. The minimum atomic E-state index is 1.13. The molecule has 0 aromatic heterocycles. The van der Waals surface area contributed by atoms with Gasteiger partial charge in [0.15, 0.2) is 5.53 Å². The van der Waals surface area contributed by atoms with Crippen LogP contribution in [0.1, 0.15) is 5.56 Å². The van der Waals surface area contributed by atoms with Gasteiger partial charge in [-0.15, -0.1) is 0 Å². The Morgan fingerprint density at radius 2 is 1.75 bits per heavy atom. The summed E-state index contributed by atoms with van der Waals surface area (Å²) in [5.41, 5.74) is 3.86. The monoisotopic (exact) mass is 199 g/mol. The first kappa shape index (κ1) is 11.0. The van der Waals surface area contributed by atoms with Crippen LogP contribution in [0.15, 0.2) is 35.9 Å². The van der Waals surface area contributed by atoms with Crippen LogP contribution in [0.5, 0.6) is 0 Å². The molecule has 0 bridgehead atoms. The van der Waals surface area contributed by atoms with E-state index in [1.54, 1.807) is 0 Å². The molecule has 62 valence electrons. The van der Waals surface area contributed by atoms with E-state index in [4.69, 9.17) is 16.9 Å². The molecule has 0 amide bonds. The third-order valence-corrected chi connectivity index (χ3v) is 1.18. The highest BCUT2D eigenvalue weighted by atomic mass is 35.5. The molecule has 0 aliphatic heterocycles. The van der Waals surface area contributed by atoms with E-state index in [0.29, 0.717) is 0 Å². The molecule has 0 unspecified atom stereocenters. The molecule has 0 aliphatic carbocycles. The predicted octanol–water partition coefficient (Wildman–Crippen LogP) is 3.60. The second kappa shape index (κ2) is 8.13. The van der Waals surface area contributed by atoms with Crippen molar-refractivity contribution < 1.29 is 0 Å². The number of nitriles is 1. The number of hydrogen-bond acceptors (Lipinski definition) is 1. The number of rotatable bonds is 1. The lowest BCUT2D eigenvalue weighted by molar-refractivity contribution is 1.57. The van der Waals surface area contributed by atoms with E-state index in [1.165, 1.54) is 11.1 Å². The SMILES string of the molecule is ClC=Cc1ccccc1.N#CCl. The van der Waals surface area contributed by atoms with Gasteiger partial charge in [-0.3, -0.25) is 0 Å². The first-order valence-corrected chi connectivity index (χ1v) is 3.98. The zero-order valence-corrected chi connectivity index (χ0v) is 7.76. The molecule has 0 fully saturated rings. The number of benzene rings is 1. The van der Waals surface area contributed by atoms with Crippen LogP contribution in [0.3, 0.4) is 0 Å². The van der Waals surface area contributed by atoms with Crippen molar-refractivity contribution >= 4 is 29.3 Å². The van der Waals surface area contributed by atoms with E-state index >= 15 is 0 Å². The van der Waals surface area contributed by atoms with Gasteiger partial charge in [0.05, 0.1) is 0 Å². The maximum Gasteiger partial charge on any atom is 0.173 e. The maximum absolute atomic E-state index is 7.08. The quantitative estimate of drug-likeness (QED) is 0.679. The summed E-state index contributed by atoms with van der Waals surface area (Å²) < 4.78 is 0. The Labute approximate surface area is 81.8 Å². The van der Waals surface area contributed by atoms with Crippen LogP contribution in [0, 0.1) is 10.8 Å². The average molecular weight is 200 g/mol. The van der Waals surface area contributed by atoms with Crippen molar-refractivity contribution in [1.29, 1.82) is 5.26 Å². The summed E-state index contributed by atoms with van der Waals surface area (Å²) in [4.78, 5) is 0. The van der Waals surface area contributed by atoms with E-state index in [-0.39, 0.29) is 0 Å². The van der Waals surface area contributed by atoms with Crippen molar-refractivity contribution in [2.24, 2.45) is 0 Å². The molecule has 12 heavy (non-hydrogen) atoms. The summed E-state index contributed by atoms with van der Waals surface area (Å²) in [6.07, 6.45) is 1.85. The molecule has 0 N–H and O–H groups in total. The van der Waals surface area contributed by atoms with Crippen LogP contribution in [-0.2, 0) is 0 Å². The number of halogens is 2. The Balaban J connectivity index is 0.000000354. The van der Waals surface area contributed by atoms with E-state index in [0.717, 1.165) is 5.56 Å². The number of hydrogen-bond donors (Lipinski definition) is 0. The van der Waals surface area contributed by atoms with Crippen molar-refractivity contribution in [2.45, 2.75) is 0 Å². The van der Waals surface area contributed by atoms with E-state index < -0.39 is 0 Å². The zero-order chi connectivity index (χ0) is 9.23. The Hall–Kier alpha value is -0.970. The fourth-order valence-electron chi connectivity index (χ4n) is 0.637. The van der Waals surface area contributed by atoms with Gasteiger partial charge in [-0.05, 0) is 11.6 Å².